The van der Waals surface area contributed by atoms with Crippen LogP contribution in [0.3, 0.4) is 0 Å². The Morgan fingerprint density at radius 2 is 2.00 bits per heavy atom. The van der Waals surface area contributed by atoms with Crippen LogP contribution in [-0.2, 0) is 9.59 Å². The summed E-state index contributed by atoms with van der Waals surface area (Å²) in [6, 6.07) is 0. The average molecular weight is 227 g/mol. The van der Waals surface area contributed by atoms with Gasteiger partial charge in [-0.05, 0) is 6.92 Å². The fraction of sp³-hybridized carbons (Fsp3) is 0.250. The number of carbonyl (C=O) groups excluding carboxylic acids is 1. The van der Waals surface area contributed by atoms with E-state index >= 15 is 0 Å². The van der Waals surface area contributed by atoms with Crippen molar-refractivity contribution in [3.05, 3.63) is 11.3 Å². The van der Waals surface area contributed by atoms with Crippen LogP contribution in [-0.4, -0.2) is 38.3 Å². The minimum absolute atomic E-state index is 0.182. The van der Waals surface area contributed by atoms with E-state index in [-0.39, 0.29) is 17.1 Å². The number of anilines is 1. The number of aromatic nitrogens is 2. The highest BCUT2D eigenvalue weighted by Gasteiger charge is 2.19. The minimum Gasteiger partial charge on any atom is -0.481 e. The molecule has 0 aliphatic carbocycles. The smallest absolute Gasteiger partial charge is 0.341 e. The maximum Gasteiger partial charge on any atom is 0.341 e. The Labute approximate surface area is 89.3 Å². The lowest BCUT2D eigenvalue weighted by Gasteiger charge is -2.00. The summed E-state index contributed by atoms with van der Waals surface area (Å²) in [5.41, 5.74) is 0.0943. The van der Waals surface area contributed by atoms with Crippen molar-refractivity contribution in [2.45, 2.75) is 13.3 Å². The molecule has 1 heterocycles. The van der Waals surface area contributed by atoms with Gasteiger partial charge in [0, 0.05) is 5.69 Å². The lowest BCUT2D eigenvalue weighted by molar-refractivity contribution is -0.139. The maximum absolute atomic E-state index is 11.1. The highest BCUT2D eigenvalue weighted by Crippen LogP contribution is 2.15. The predicted molar refractivity (Wildman–Crippen MR) is 51.2 cm³/mol. The number of aromatic amines is 1. The molecule has 1 amide bonds. The van der Waals surface area contributed by atoms with Gasteiger partial charge in [0.2, 0.25) is 5.91 Å². The number of nitrogens with one attached hydrogen (secondary N) is 2. The number of aliphatic carboxylic acids is 1. The van der Waals surface area contributed by atoms with Gasteiger partial charge in [-0.25, -0.2) is 4.79 Å². The first-order valence-electron chi connectivity index (χ1n) is 4.21. The zero-order chi connectivity index (χ0) is 12.3. The molecule has 8 heteroatoms. The second-order valence-electron chi connectivity index (χ2n) is 3.00. The fourth-order valence-corrected chi connectivity index (χ4v) is 1.09. The Hall–Kier alpha value is -2.38. The first-order chi connectivity index (χ1) is 7.41. The average Bonchev–Trinajstić information content (AvgIpc) is 2.45. The van der Waals surface area contributed by atoms with E-state index in [0.29, 0.717) is 0 Å². The molecule has 0 unspecified atom stereocenters. The predicted octanol–water partition coefficient (Wildman–Crippen LogP) is -0.170. The van der Waals surface area contributed by atoms with Gasteiger partial charge in [-0.15, -0.1) is 0 Å². The number of aromatic carboxylic acids is 1. The molecular weight excluding hydrogens is 218 g/mol. The number of rotatable bonds is 4. The fourth-order valence-electron chi connectivity index (χ4n) is 1.09. The molecule has 1 aromatic heterocycles. The number of H-pyrrole nitrogens is 1. The molecule has 1 rings (SSSR count). The van der Waals surface area contributed by atoms with Gasteiger partial charge in [0.05, 0.1) is 0 Å². The Bertz CT molecular complexity index is 451. The lowest BCUT2D eigenvalue weighted by atomic mass is 10.2. The van der Waals surface area contributed by atoms with Crippen LogP contribution in [0.25, 0.3) is 0 Å². The largest absolute Gasteiger partial charge is 0.481 e. The molecule has 0 radical (unpaired) electrons. The van der Waals surface area contributed by atoms with Crippen LogP contribution in [0.5, 0.6) is 0 Å². The summed E-state index contributed by atoms with van der Waals surface area (Å²) in [6.07, 6.45) is -0.745. The van der Waals surface area contributed by atoms with E-state index in [0.717, 1.165) is 0 Å². The van der Waals surface area contributed by atoms with E-state index in [2.05, 4.69) is 15.5 Å². The van der Waals surface area contributed by atoms with Crippen LogP contribution < -0.4 is 5.32 Å². The van der Waals surface area contributed by atoms with Crippen molar-refractivity contribution in [1.29, 1.82) is 0 Å². The summed E-state index contributed by atoms with van der Waals surface area (Å²) in [5.74, 6) is -3.57. The summed E-state index contributed by atoms with van der Waals surface area (Å²) < 4.78 is 0. The van der Waals surface area contributed by atoms with E-state index < -0.39 is 24.3 Å². The highest BCUT2D eigenvalue weighted by atomic mass is 16.4. The summed E-state index contributed by atoms with van der Waals surface area (Å²) in [7, 11) is 0. The molecule has 0 aliphatic heterocycles. The third kappa shape index (κ3) is 2.56. The Kier molecular flexibility index (Phi) is 3.24. The molecule has 8 nitrogen and oxygen atoms in total. The lowest BCUT2D eigenvalue weighted by Crippen LogP contribution is -2.17. The third-order valence-electron chi connectivity index (χ3n) is 1.73. The SMILES string of the molecule is Cc1[nH]nc(NC(=O)CC(=O)O)c1C(=O)O. The molecule has 0 spiro atoms. The molecule has 0 saturated heterocycles. The van der Waals surface area contributed by atoms with Gasteiger partial charge in [-0.3, -0.25) is 14.7 Å². The van der Waals surface area contributed by atoms with E-state index in [1.807, 2.05) is 0 Å². The summed E-state index contributed by atoms with van der Waals surface area (Å²) in [4.78, 5) is 32.1. The molecule has 0 atom stereocenters. The molecule has 0 fully saturated rings. The maximum atomic E-state index is 11.1. The molecule has 4 N–H and O–H groups in total. The van der Waals surface area contributed by atoms with Crippen LogP contribution >= 0.6 is 0 Å². The first kappa shape index (κ1) is 11.7. The van der Waals surface area contributed by atoms with Crippen LogP contribution in [0.4, 0.5) is 5.82 Å². The van der Waals surface area contributed by atoms with Gasteiger partial charge in [0.15, 0.2) is 5.82 Å². The van der Waals surface area contributed by atoms with Crippen molar-refractivity contribution in [2.24, 2.45) is 0 Å². The van der Waals surface area contributed by atoms with Crippen molar-refractivity contribution in [3.8, 4) is 0 Å². The number of amides is 1. The van der Waals surface area contributed by atoms with Gasteiger partial charge < -0.3 is 15.5 Å². The standard InChI is InChI=1S/C8H9N3O5/c1-3-6(8(15)16)7(11-10-3)9-4(12)2-5(13)14/h2H2,1H3,(H,13,14)(H,15,16)(H2,9,10,11,12). The topological polar surface area (TPSA) is 132 Å². The number of nitrogens with zero attached hydrogens (tertiary/aromatic N) is 1. The van der Waals surface area contributed by atoms with Gasteiger partial charge in [0.1, 0.15) is 12.0 Å². The molecule has 0 aliphatic rings. The number of aryl methyl sites for hydroxylation is 1. The van der Waals surface area contributed by atoms with Gasteiger partial charge in [-0.1, -0.05) is 0 Å². The highest BCUT2D eigenvalue weighted by molar-refractivity contribution is 6.04. The molecule has 0 aromatic carbocycles. The molecule has 0 bridgehead atoms. The van der Waals surface area contributed by atoms with E-state index in [1.165, 1.54) is 6.92 Å². The van der Waals surface area contributed by atoms with Crippen molar-refractivity contribution < 1.29 is 24.6 Å². The van der Waals surface area contributed by atoms with Crippen LogP contribution in [0, 0.1) is 6.92 Å². The molecular formula is C8H9N3O5. The second kappa shape index (κ2) is 4.43. The Morgan fingerprint density at radius 1 is 1.38 bits per heavy atom. The van der Waals surface area contributed by atoms with E-state index in [1.54, 1.807) is 0 Å². The Balaban J connectivity index is 2.85. The number of carboxylic acid groups (broad SMARTS) is 2. The molecule has 0 saturated carbocycles. The number of hydrogen-bond donors (Lipinski definition) is 4. The summed E-state index contributed by atoms with van der Waals surface area (Å²) in [6.45, 7) is 1.48. The minimum atomic E-state index is -1.30. The second-order valence-corrected chi connectivity index (χ2v) is 3.00. The summed E-state index contributed by atoms with van der Waals surface area (Å²) >= 11 is 0. The third-order valence-corrected chi connectivity index (χ3v) is 1.73. The zero-order valence-electron chi connectivity index (χ0n) is 8.27. The number of carbonyl (C=O) groups is 3. The number of hydrogen-bond acceptors (Lipinski definition) is 4. The first-order valence-corrected chi connectivity index (χ1v) is 4.21. The molecule has 1 aromatic rings. The van der Waals surface area contributed by atoms with Crippen molar-refractivity contribution in [3.63, 3.8) is 0 Å². The van der Waals surface area contributed by atoms with Crippen LogP contribution in [0.1, 0.15) is 22.5 Å². The van der Waals surface area contributed by atoms with E-state index in [9.17, 15) is 14.4 Å². The van der Waals surface area contributed by atoms with Crippen LogP contribution in [0.15, 0.2) is 0 Å². The summed E-state index contributed by atoms with van der Waals surface area (Å²) in [5, 5.41) is 25.2. The van der Waals surface area contributed by atoms with Gasteiger partial charge in [-0.2, -0.15) is 5.10 Å². The zero-order valence-corrected chi connectivity index (χ0v) is 8.27. The Morgan fingerprint density at radius 3 is 2.50 bits per heavy atom. The quantitative estimate of drug-likeness (QED) is 0.528. The van der Waals surface area contributed by atoms with Crippen molar-refractivity contribution >= 4 is 23.7 Å². The van der Waals surface area contributed by atoms with Crippen LogP contribution in [0.2, 0.25) is 0 Å². The van der Waals surface area contributed by atoms with Gasteiger partial charge in [0.25, 0.3) is 0 Å². The normalized spacial score (nSPS) is 9.81. The molecule has 86 valence electrons. The van der Waals surface area contributed by atoms with Gasteiger partial charge >= 0.3 is 11.9 Å². The number of carboxylic acids is 2. The molecule has 16 heavy (non-hydrogen) atoms. The monoisotopic (exact) mass is 227 g/mol. The van der Waals surface area contributed by atoms with E-state index in [4.69, 9.17) is 10.2 Å². The van der Waals surface area contributed by atoms with Crippen molar-refractivity contribution in [1.82, 2.24) is 10.2 Å². The van der Waals surface area contributed by atoms with Crippen molar-refractivity contribution in [2.75, 3.05) is 5.32 Å².